The average molecular weight is 501 g/mol. The molecular weight excluding hydrogens is 460 g/mol. The maximum Gasteiger partial charge on any atom is 0.343 e. The number of aryl methyl sites for hydroxylation is 3. The first-order valence-electron chi connectivity index (χ1n) is 13.3. The maximum absolute atomic E-state index is 13.0. The predicted octanol–water partition coefficient (Wildman–Crippen LogP) is 7.24. The van der Waals surface area contributed by atoms with Crippen molar-refractivity contribution in [2.45, 2.75) is 65.9 Å². The fourth-order valence-corrected chi connectivity index (χ4v) is 4.09. The smallest absolute Gasteiger partial charge is 0.343 e. The Kier molecular flexibility index (Phi) is 10.8. The molecule has 0 aliphatic heterocycles. The molecule has 0 fully saturated rings. The van der Waals surface area contributed by atoms with Crippen molar-refractivity contribution >= 4 is 12.2 Å². The maximum atomic E-state index is 13.0. The molecule has 0 heterocycles. The highest BCUT2D eigenvalue weighted by Crippen LogP contribution is 2.31. The quantitative estimate of drug-likeness (QED) is 0.107. The fraction of sp³-hybridized carbons (Fsp3) is 0.375. The lowest BCUT2D eigenvalue weighted by Gasteiger charge is -2.16. The summed E-state index contributed by atoms with van der Waals surface area (Å²) in [5, 5.41) is 6.10. The highest BCUT2D eigenvalue weighted by molar-refractivity contribution is 5.93. The second kappa shape index (κ2) is 14.2. The van der Waals surface area contributed by atoms with Gasteiger partial charge in [0.1, 0.15) is 18.1 Å². The molecule has 0 aliphatic carbocycles. The number of ether oxygens (including phenoxy) is 2. The molecule has 0 atom stereocenters. The Balaban J connectivity index is 1.87. The van der Waals surface area contributed by atoms with Gasteiger partial charge in [0, 0.05) is 19.7 Å². The van der Waals surface area contributed by atoms with Gasteiger partial charge in [-0.25, -0.2) is 4.79 Å². The minimum atomic E-state index is -0.383. The van der Waals surface area contributed by atoms with Crippen LogP contribution in [0.4, 0.5) is 0 Å². The second-order valence-electron chi connectivity index (χ2n) is 9.53. The van der Waals surface area contributed by atoms with Gasteiger partial charge in [0.05, 0.1) is 11.8 Å². The van der Waals surface area contributed by atoms with Crippen molar-refractivity contribution < 1.29 is 14.3 Å². The van der Waals surface area contributed by atoms with E-state index in [1.165, 1.54) is 11.1 Å². The molecule has 3 aromatic carbocycles. The minimum Gasteiger partial charge on any atom is -0.489 e. The molecule has 0 amide bonds. The number of hydrogen-bond acceptors (Lipinski definition) is 5. The Morgan fingerprint density at radius 3 is 1.92 bits per heavy atom. The summed E-state index contributed by atoms with van der Waals surface area (Å²) in [6, 6.07) is 20.1. The van der Waals surface area contributed by atoms with Crippen molar-refractivity contribution in [3.05, 3.63) is 94.0 Å². The van der Waals surface area contributed by atoms with E-state index in [-0.39, 0.29) is 5.97 Å². The summed E-state index contributed by atoms with van der Waals surface area (Å²) < 4.78 is 12.2. The molecule has 0 aliphatic rings. The lowest BCUT2D eigenvalue weighted by molar-refractivity contribution is 0.0734. The first kappa shape index (κ1) is 28.0. The SMILES string of the molecule is CCCc1ccc(COc2cc(/C=N/N(C)C)c(OC(=O)c3ccc(CCC)cc3)cc2CCC)cc1. The molecule has 0 saturated carbocycles. The number of rotatable bonds is 13. The largest absolute Gasteiger partial charge is 0.489 e. The van der Waals surface area contributed by atoms with Gasteiger partial charge in [-0.1, -0.05) is 76.4 Å². The second-order valence-corrected chi connectivity index (χ2v) is 9.53. The van der Waals surface area contributed by atoms with Crippen molar-refractivity contribution in [2.75, 3.05) is 14.1 Å². The van der Waals surface area contributed by atoms with Crippen LogP contribution in [-0.2, 0) is 25.9 Å². The van der Waals surface area contributed by atoms with Gasteiger partial charge < -0.3 is 14.5 Å². The average Bonchev–Trinajstić information content (AvgIpc) is 2.89. The van der Waals surface area contributed by atoms with Crippen molar-refractivity contribution in [2.24, 2.45) is 5.10 Å². The molecule has 5 heteroatoms. The molecule has 196 valence electrons. The molecule has 0 unspecified atom stereocenters. The number of carbonyl (C=O) groups excluding carboxylic acids is 1. The van der Waals surface area contributed by atoms with Gasteiger partial charge in [-0.2, -0.15) is 5.10 Å². The zero-order chi connectivity index (χ0) is 26.6. The summed E-state index contributed by atoms with van der Waals surface area (Å²) in [5.74, 6) is 0.877. The van der Waals surface area contributed by atoms with E-state index in [9.17, 15) is 4.79 Å². The Morgan fingerprint density at radius 1 is 0.784 bits per heavy atom. The number of hydrogen-bond donors (Lipinski definition) is 0. The zero-order valence-electron chi connectivity index (χ0n) is 22.9. The Labute approximate surface area is 222 Å². The van der Waals surface area contributed by atoms with Crippen LogP contribution in [0.2, 0.25) is 0 Å². The van der Waals surface area contributed by atoms with E-state index in [0.29, 0.717) is 23.5 Å². The third-order valence-corrected chi connectivity index (χ3v) is 6.03. The fourth-order valence-electron chi connectivity index (χ4n) is 4.09. The van der Waals surface area contributed by atoms with Crippen LogP contribution in [-0.4, -0.2) is 31.3 Å². The molecule has 0 spiro atoms. The first-order valence-corrected chi connectivity index (χ1v) is 13.3. The number of nitrogens with zero attached hydrogens (tertiary/aromatic N) is 2. The number of carbonyl (C=O) groups is 1. The number of benzene rings is 3. The Bertz CT molecular complexity index is 1170. The Morgan fingerprint density at radius 2 is 1.35 bits per heavy atom. The van der Waals surface area contributed by atoms with Crippen molar-refractivity contribution in [3.63, 3.8) is 0 Å². The Hall–Kier alpha value is -3.60. The predicted molar refractivity (Wildman–Crippen MR) is 152 cm³/mol. The highest BCUT2D eigenvalue weighted by atomic mass is 16.5. The molecule has 5 nitrogen and oxygen atoms in total. The third kappa shape index (κ3) is 8.49. The molecule has 3 aromatic rings. The number of esters is 1. The van der Waals surface area contributed by atoms with Gasteiger partial charge in [-0.05, 0) is 65.8 Å². The van der Waals surface area contributed by atoms with Crippen LogP contribution in [0.3, 0.4) is 0 Å². The highest BCUT2D eigenvalue weighted by Gasteiger charge is 2.16. The van der Waals surface area contributed by atoms with E-state index >= 15 is 0 Å². The van der Waals surface area contributed by atoms with Crippen LogP contribution in [0, 0.1) is 0 Å². The van der Waals surface area contributed by atoms with Crippen LogP contribution < -0.4 is 9.47 Å². The molecule has 0 saturated heterocycles. The van der Waals surface area contributed by atoms with Gasteiger partial charge >= 0.3 is 5.97 Å². The monoisotopic (exact) mass is 500 g/mol. The molecule has 0 bridgehead atoms. The summed E-state index contributed by atoms with van der Waals surface area (Å²) in [7, 11) is 3.70. The first-order chi connectivity index (χ1) is 17.9. The van der Waals surface area contributed by atoms with Crippen LogP contribution in [0.25, 0.3) is 0 Å². The van der Waals surface area contributed by atoms with E-state index in [1.54, 1.807) is 11.2 Å². The van der Waals surface area contributed by atoms with Gasteiger partial charge in [0.25, 0.3) is 0 Å². The molecule has 0 aromatic heterocycles. The van der Waals surface area contributed by atoms with Crippen LogP contribution in [0.1, 0.15) is 78.2 Å². The summed E-state index contributed by atoms with van der Waals surface area (Å²) in [4.78, 5) is 13.0. The van der Waals surface area contributed by atoms with E-state index in [1.807, 2.05) is 50.5 Å². The minimum absolute atomic E-state index is 0.383. The van der Waals surface area contributed by atoms with Crippen LogP contribution in [0.5, 0.6) is 11.5 Å². The van der Waals surface area contributed by atoms with Crippen molar-refractivity contribution in [1.82, 2.24) is 5.01 Å². The third-order valence-electron chi connectivity index (χ3n) is 6.03. The molecule has 3 rings (SSSR count). The summed E-state index contributed by atoms with van der Waals surface area (Å²) in [6.45, 7) is 6.93. The van der Waals surface area contributed by atoms with Gasteiger partial charge in [0.2, 0.25) is 0 Å². The summed E-state index contributed by atoms with van der Waals surface area (Å²) in [5.41, 5.74) is 5.90. The van der Waals surface area contributed by atoms with E-state index in [0.717, 1.165) is 55.4 Å². The lowest BCUT2D eigenvalue weighted by Crippen LogP contribution is -2.11. The topological polar surface area (TPSA) is 51.1 Å². The number of hydrazone groups is 1. The summed E-state index contributed by atoms with van der Waals surface area (Å²) in [6.07, 6.45) is 7.73. The molecular formula is C32H40N2O3. The van der Waals surface area contributed by atoms with Crippen LogP contribution in [0.15, 0.2) is 65.8 Å². The van der Waals surface area contributed by atoms with E-state index < -0.39 is 0 Å². The van der Waals surface area contributed by atoms with Crippen molar-refractivity contribution in [3.8, 4) is 11.5 Å². The molecule has 0 N–H and O–H groups in total. The van der Waals surface area contributed by atoms with Gasteiger partial charge in [-0.15, -0.1) is 0 Å². The van der Waals surface area contributed by atoms with E-state index in [4.69, 9.17) is 9.47 Å². The van der Waals surface area contributed by atoms with Crippen LogP contribution >= 0.6 is 0 Å². The zero-order valence-corrected chi connectivity index (χ0v) is 22.9. The molecule has 0 radical (unpaired) electrons. The van der Waals surface area contributed by atoms with Gasteiger partial charge in [0.15, 0.2) is 0 Å². The van der Waals surface area contributed by atoms with Crippen molar-refractivity contribution in [1.29, 1.82) is 0 Å². The standard InChI is InChI=1S/C32H40N2O3/c1-6-9-24-12-14-26(15-13-24)23-36-30-21-29(22-33-34(4)5)31(20-28(30)11-8-3)37-32(35)27-18-16-25(10-7-2)17-19-27/h12-22H,6-11,23H2,1-5H3/b33-22+. The normalized spacial score (nSPS) is 11.1. The lowest BCUT2D eigenvalue weighted by atomic mass is 10.0. The van der Waals surface area contributed by atoms with E-state index in [2.05, 4.69) is 50.1 Å². The molecule has 37 heavy (non-hydrogen) atoms. The summed E-state index contributed by atoms with van der Waals surface area (Å²) >= 11 is 0. The van der Waals surface area contributed by atoms with Gasteiger partial charge in [-0.3, -0.25) is 0 Å².